The van der Waals surface area contributed by atoms with E-state index in [0.29, 0.717) is 0 Å². The van der Waals surface area contributed by atoms with E-state index in [4.69, 9.17) is 5.73 Å². The second kappa shape index (κ2) is 2.53. The normalized spacial score (nSPS) is 16.4. The van der Waals surface area contributed by atoms with Gasteiger partial charge in [0.15, 0.2) is 0 Å². The summed E-state index contributed by atoms with van der Waals surface area (Å²) in [6, 6.07) is 6.44. The van der Waals surface area contributed by atoms with Gasteiger partial charge in [0.2, 0.25) is 0 Å². The van der Waals surface area contributed by atoms with Gasteiger partial charge in [-0.3, -0.25) is 0 Å². The Morgan fingerprint density at radius 2 is 2.07 bits per heavy atom. The minimum atomic E-state index is 0.781. The van der Waals surface area contributed by atoms with Gasteiger partial charge in [-0.15, -0.1) is 0 Å². The van der Waals surface area contributed by atoms with Crippen molar-refractivity contribution >= 4 is 16.6 Å². The largest absolute Gasteiger partial charge is 0.398 e. The van der Waals surface area contributed by atoms with Crippen LogP contribution in [-0.2, 0) is 0 Å². The third-order valence-electron chi connectivity index (χ3n) is 3.05. The second-order valence-corrected chi connectivity index (χ2v) is 4.29. The SMILES string of the molecule is Cc1cc2[nH]c(C3CC3)cc2cc1N. The summed E-state index contributed by atoms with van der Waals surface area (Å²) in [4.78, 5) is 3.47. The monoisotopic (exact) mass is 186 g/mol. The number of aryl methyl sites for hydroxylation is 1. The fraction of sp³-hybridized carbons (Fsp3) is 0.333. The lowest BCUT2D eigenvalue weighted by molar-refractivity contribution is 1.06. The maximum Gasteiger partial charge on any atom is 0.0460 e. The van der Waals surface area contributed by atoms with Crippen LogP contribution in [0.2, 0.25) is 0 Å². The Bertz CT molecular complexity index is 453. The van der Waals surface area contributed by atoms with E-state index >= 15 is 0 Å². The van der Waals surface area contributed by atoms with Gasteiger partial charge in [0, 0.05) is 22.3 Å². The summed E-state index contributed by atoms with van der Waals surface area (Å²) < 4.78 is 0. The van der Waals surface area contributed by atoms with Gasteiger partial charge in [0.05, 0.1) is 0 Å². The smallest absolute Gasteiger partial charge is 0.0460 e. The van der Waals surface area contributed by atoms with Crippen LogP contribution in [0.1, 0.15) is 30.0 Å². The number of anilines is 1. The number of nitrogens with two attached hydrogens (primary N) is 1. The summed E-state index contributed by atoms with van der Waals surface area (Å²) in [7, 11) is 0. The molecule has 1 aliphatic carbocycles. The number of aromatic amines is 1. The van der Waals surface area contributed by atoms with Crippen LogP contribution in [0.25, 0.3) is 10.9 Å². The maximum atomic E-state index is 5.87. The topological polar surface area (TPSA) is 41.8 Å². The van der Waals surface area contributed by atoms with Crippen LogP contribution in [0, 0.1) is 6.92 Å². The molecule has 0 atom stereocenters. The first-order chi connectivity index (χ1) is 6.74. The van der Waals surface area contributed by atoms with Gasteiger partial charge >= 0.3 is 0 Å². The van der Waals surface area contributed by atoms with Crippen LogP contribution in [-0.4, -0.2) is 4.98 Å². The molecule has 0 aliphatic heterocycles. The zero-order valence-electron chi connectivity index (χ0n) is 8.30. The lowest BCUT2D eigenvalue weighted by Crippen LogP contribution is -1.87. The van der Waals surface area contributed by atoms with Gasteiger partial charge in [-0.25, -0.2) is 0 Å². The molecule has 1 aromatic carbocycles. The van der Waals surface area contributed by atoms with Crippen molar-refractivity contribution in [3.63, 3.8) is 0 Å². The fourth-order valence-corrected chi connectivity index (χ4v) is 1.94. The molecule has 1 aliphatic rings. The number of benzene rings is 1. The minimum Gasteiger partial charge on any atom is -0.398 e. The highest BCUT2D eigenvalue weighted by Crippen LogP contribution is 2.40. The van der Waals surface area contributed by atoms with Gasteiger partial charge in [-0.05, 0) is 49.4 Å². The Kier molecular flexibility index (Phi) is 1.43. The van der Waals surface area contributed by atoms with E-state index in [2.05, 4.69) is 23.2 Å². The number of aromatic nitrogens is 1. The first kappa shape index (κ1) is 7.92. The molecule has 0 spiro atoms. The molecule has 3 N–H and O–H groups in total. The van der Waals surface area contributed by atoms with Gasteiger partial charge < -0.3 is 10.7 Å². The van der Waals surface area contributed by atoms with Crippen molar-refractivity contribution in [2.24, 2.45) is 0 Å². The summed E-state index contributed by atoms with van der Waals surface area (Å²) in [5, 5.41) is 1.25. The fourth-order valence-electron chi connectivity index (χ4n) is 1.94. The number of H-pyrrole nitrogens is 1. The summed E-state index contributed by atoms with van der Waals surface area (Å²) >= 11 is 0. The average molecular weight is 186 g/mol. The average Bonchev–Trinajstić information content (AvgIpc) is 2.90. The van der Waals surface area contributed by atoms with Crippen molar-refractivity contribution in [2.45, 2.75) is 25.7 Å². The highest BCUT2D eigenvalue weighted by molar-refractivity contribution is 5.85. The molecule has 2 heteroatoms. The van der Waals surface area contributed by atoms with E-state index in [0.717, 1.165) is 17.2 Å². The van der Waals surface area contributed by atoms with Crippen molar-refractivity contribution < 1.29 is 0 Å². The molecular formula is C12H14N2. The van der Waals surface area contributed by atoms with Crippen molar-refractivity contribution in [2.75, 3.05) is 5.73 Å². The van der Waals surface area contributed by atoms with Crippen LogP contribution in [0.4, 0.5) is 5.69 Å². The molecule has 1 fully saturated rings. The quantitative estimate of drug-likeness (QED) is 0.660. The standard InChI is InChI=1S/C12H14N2/c1-7-4-11-9(5-10(7)13)6-12(14-11)8-2-3-8/h4-6,8,14H,2-3,13H2,1H3. The summed E-state index contributed by atoms with van der Waals surface area (Å²) in [5.41, 5.74) is 10.5. The van der Waals surface area contributed by atoms with Gasteiger partial charge in [-0.2, -0.15) is 0 Å². The first-order valence-corrected chi connectivity index (χ1v) is 5.13. The molecule has 0 saturated heterocycles. The second-order valence-electron chi connectivity index (χ2n) is 4.29. The van der Waals surface area contributed by atoms with Gasteiger partial charge in [0.25, 0.3) is 0 Å². The molecule has 14 heavy (non-hydrogen) atoms. The van der Waals surface area contributed by atoms with E-state index in [1.807, 2.05) is 6.92 Å². The Balaban J connectivity index is 2.22. The van der Waals surface area contributed by atoms with E-state index in [9.17, 15) is 0 Å². The van der Waals surface area contributed by atoms with Gasteiger partial charge in [-0.1, -0.05) is 0 Å². The van der Waals surface area contributed by atoms with Crippen molar-refractivity contribution in [3.05, 3.63) is 29.5 Å². The Hall–Kier alpha value is -1.44. The predicted octanol–water partition coefficient (Wildman–Crippen LogP) is 2.94. The van der Waals surface area contributed by atoms with Crippen molar-refractivity contribution in [1.29, 1.82) is 0 Å². The van der Waals surface area contributed by atoms with Crippen LogP contribution in [0.5, 0.6) is 0 Å². The summed E-state index contributed by atoms with van der Waals surface area (Å²) in [5.74, 6) is 0.781. The van der Waals surface area contributed by atoms with Crippen molar-refractivity contribution in [1.82, 2.24) is 4.98 Å². The molecule has 0 bridgehead atoms. The highest BCUT2D eigenvalue weighted by Gasteiger charge is 2.25. The molecule has 3 rings (SSSR count). The van der Waals surface area contributed by atoms with Crippen LogP contribution in [0.3, 0.4) is 0 Å². The lowest BCUT2D eigenvalue weighted by atomic mass is 10.1. The van der Waals surface area contributed by atoms with E-state index < -0.39 is 0 Å². The number of hydrogen-bond acceptors (Lipinski definition) is 1. The Labute approximate surface area is 83.1 Å². The third kappa shape index (κ3) is 1.10. The number of nitrogens with one attached hydrogen (secondary N) is 1. The molecular weight excluding hydrogens is 172 g/mol. The molecule has 0 radical (unpaired) electrons. The molecule has 72 valence electrons. The predicted molar refractivity (Wildman–Crippen MR) is 59.4 cm³/mol. The highest BCUT2D eigenvalue weighted by atomic mass is 14.7. The Morgan fingerprint density at radius 1 is 1.29 bits per heavy atom. The third-order valence-corrected chi connectivity index (χ3v) is 3.05. The molecule has 0 amide bonds. The summed E-state index contributed by atoms with van der Waals surface area (Å²) in [6.07, 6.45) is 2.67. The lowest BCUT2D eigenvalue weighted by Gasteiger charge is -1.98. The zero-order chi connectivity index (χ0) is 9.71. The van der Waals surface area contributed by atoms with E-state index in [1.165, 1.54) is 29.4 Å². The van der Waals surface area contributed by atoms with Crippen LogP contribution in [0.15, 0.2) is 18.2 Å². The van der Waals surface area contributed by atoms with Crippen LogP contribution >= 0.6 is 0 Å². The van der Waals surface area contributed by atoms with E-state index in [-0.39, 0.29) is 0 Å². The number of hydrogen-bond donors (Lipinski definition) is 2. The first-order valence-electron chi connectivity index (χ1n) is 5.13. The molecule has 1 saturated carbocycles. The molecule has 0 unspecified atom stereocenters. The Morgan fingerprint density at radius 3 is 2.79 bits per heavy atom. The van der Waals surface area contributed by atoms with Crippen LogP contribution < -0.4 is 5.73 Å². The maximum absolute atomic E-state index is 5.87. The minimum absolute atomic E-state index is 0.781. The number of rotatable bonds is 1. The van der Waals surface area contributed by atoms with Crippen molar-refractivity contribution in [3.8, 4) is 0 Å². The van der Waals surface area contributed by atoms with E-state index in [1.54, 1.807) is 0 Å². The summed E-state index contributed by atoms with van der Waals surface area (Å²) in [6.45, 7) is 2.05. The number of nitrogen functional groups attached to an aromatic ring is 1. The molecule has 1 aromatic heterocycles. The molecule has 1 heterocycles. The number of fused-ring (bicyclic) bond motifs is 1. The molecule has 2 nitrogen and oxygen atoms in total. The zero-order valence-corrected chi connectivity index (χ0v) is 8.30. The van der Waals surface area contributed by atoms with Gasteiger partial charge in [0.1, 0.15) is 0 Å². The molecule has 2 aromatic rings.